The van der Waals surface area contributed by atoms with E-state index in [1.807, 2.05) is 6.92 Å². The van der Waals surface area contributed by atoms with E-state index in [-0.39, 0.29) is 21.3 Å². The zero-order valence-corrected chi connectivity index (χ0v) is 21.5. The summed E-state index contributed by atoms with van der Waals surface area (Å²) >= 11 is 0.891. The molecular weight excluding hydrogens is 499 g/mol. The Kier molecular flexibility index (Phi) is 7.40. The lowest BCUT2D eigenvalue weighted by Crippen LogP contribution is -2.29. The van der Waals surface area contributed by atoms with Crippen LogP contribution in [0.3, 0.4) is 0 Å². The molecule has 4 rings (SSSR count). The number of aliphatic hydroxyl groups excluding tert-OH is 1. The Morgan fingerprint density at radius 2 is 1.86 bits per heavy atom. The van der Waals surface area contributed by atoms with E-state index in [0.717, 1.165) is 22.7 Å². The maximum atomic E-state index is 13.7. The molecular formula is C27H25FN2O6S. The van der Waals surface area contributed by atoms with E-state index in [1.54, 1.807) is 32.0 Å². The molecule has 0 aliphatic carbocycles. The molecule has 1 fully saturated rings. The maximum absolute atomic E-state index is 13.7. The fourth-order valence-electron chi connectivity index (χ4n) is 4.11. The van der Waals surface area contributed by atoms with Gasteiger partial charge in [-0.1, -0.05) is 30.4 Å². The number of Topliss-reactive ketones (excluding diaryl/α,β-unsaturated/α-hetero) is 1. The van der Waals surface area contributed by atoms with Crippen molar-refractivity contribution in [3.8, 4) is 5.75 Å². The molecule has 8 nitrogen and oxygen atoms in total. The Bertz CT molecular complexity index is 1410. The summed E-state index contributed by atoms with van der Waals surface area (Å²) in [5, 5.41) is 11.4. The number of carbonyl (C=O) groups excluding carboxylic acids is 3. The smallest absolute Gasteiger partial charge is 0.350 e. The van der Waals surface area contributed by atoms with E-state index in [9.17, 15) is 23.9 Å². The average molecular weight is 525 g/mol. The van der Waals surface area contributed by atoms with Gasteiger partial charge in [-0.25, -0.2) is 14.2 Å². The number of benzene rings is 2. The van der Waals surface area contributed by atoms with Gasteiger partial charge < -0.3 is 14.6 Å². The summed E-state index contributed by atoms with van der Waals surface area (Å²) < 4.78 is 24.2. The van der Waals surface area contributed by atoms with Crippen molar-refractivity contribution in [1.82, 2.24) is 4.98 Å². The number of carbonyl (C=O) groups is 3. The molecule has 37 heavy (non-hydrogen) atoms. The Hall–Kier alpha value is -4.05. The van der Waals surface area contributed by atoms with E-state index >= 15 is 0 Å². The minimum Gasteiger partial charge on any atom is -0.507 e. The van der Waals surface area contributed by atoms with Crippen molar-refractivity contribution in [2.45, 2.75) is 33.2 Å². The van der Waals surface area contributed by atoms with Crippen LogP contribution in [0.25, 0.3) is 5.76 Å². The number of halogens is 1. The van der Waals surface area contributed by atoms with Gasteiger partial charge in [0.2, 0.25) is 0 Å². The van der Waals surface area contributed by atoms with Crippen LogP contribution in [0, 0.1) is 19.7 Å². The van der Waals surface area contributed by atoms with Crippen LogP contribution in [0.1, 0.15) is 51.4 Å². The molecule has 10 heteroatoms. The minimum absolute atomic E-state index is 0.0772. The van der Waals surface area contributed by atoms with Crippen LogP contribution in [0.15, 0.2) is 48.0 Å². The summed E-state index contributed by atoms with van der Waals surface area (Å²) in [6, 6.07) is 9.19. The Balaban J connectivity index is 1.89. The molecule has 0 bridgehead atoms. The summed E-state index contributed by atoms with van der Waals surface area (Å²) in [4.78, 5) is 44.4. The van der Waals surface area contributed by atoms with Crippen LogP contribution in [-0.4, -0.2) is 41.5 Å². The summed E-state index contributed by atoms with van der Waals surface area (Å²) in [6.45, 7) is 5.85. The third kappa shape index (κ3) is 4.84. The topological polar surface area (TPSA) is 106 Å². The number of aryl methyl sites for hydroxylation is 2. The Labute approximate surface area is 217 Å². The van der Waals surface area contributed by atoms with Crippen LogP contribution in [0.4, 0.5) is 9.52 Å². The lowest BCUT2D eigenvalue weighted by molar-refractivity contribution is -0.132. The number of esters is 1. The molecule has 0 saturated carbocycles. The van der Waals surface area contributed by atoms with Gasteiger partial charge >= 0.3 is 11.9 Å². The SMILES string of the molecule is CCCOc1ccc(C(O)=C2C(=O)C(=O)N(c3nc(C)c(C(=O)OC)s3)[C@H]2c2ccc(F)cc2)c(C)c1. The fourth-order valence-corrected chi connectivity index (χ4v) is 5.13. The number of thiazole rings is 1. The second-order valence-corrected chi connectivity index (χ2v) is 9.43. The van der Waals surface area contributed by atoms with Gasteiger partial charge in [0.15, 0.2) is 5.13 Å². The van der Waals surface area contributed by atoms with Gasteiger partial charge in [-0.2, -0.15) is 0 Å². The molecule has 1 N–H and O–H groups in total. The summed E-state index contributed by atoms with van der Waals surface area (Å²) in [7, 11) is 1.23. The molecule has 1 amide bonds. The molecule has 1 saturated heterocycles. The number of ether oxygens (including phenoxy) is 2. The Morgan fingerprint density at radius 1 is 1.16 bits per heavy atom. The normalized spacial score (nSPS) is 16.8. The first-order valence-electron chi connectivity index (χ1n) is 11.5. The van der Waals surface area contributed by atoms with Crippen molar-refractivity contribution >= 4 is 39.9 Å². The molecule has 1 aromatic heterocycles. The standard InChI is InChI=1S/C27H25FN2O6S/c1-5-12-36-18-10-11-19(14(2)13-18)22(31)20-21(16-6-8-17(28)9-7-16)30(25(33)23(20)32)27-29-15(3)24(37-27)26(34)35-4/h6-11,13,21,31H,5,12H2,1-4H3/t21-/m0/s1. The number of ketones is 1. The van der Waals surface area contributed by atoms with Crippen molar-refractivity contribution in [2.75, 3.05) is 18.6 Å². The summed E-state index contributed by atoms with van der Waals surface area (Å²) in [6.07, 6.45) is 0.829. The molecule has 2 heterocycles. The molecule has 1 aliphatic heterocycles. The highest BCUT2D eigenvalue weighted by Crippen LogP contribution is 2.44. The molecule has 192 valence electrons. The van der Waals surface area contributed by atoms with Crippen LogP contribution in [-0.2, 0) is 14.3 Å². The van der Waals surface area contributed by atoms with Crippen LogP contribution >= 0.6 is 11.3 Å². The van der Waals surface area contributed by atoms with E-state index in [2.05, 4.69) is 4.98 Å². The Morgan fingerprint density at radius 3 is 2.49 bits per heavy atom. The number of anilines is 1. The van der Waals surface area contributed by atoms with Gasteiger partial charge in [0.25, 0.3) is 5.78 Å². The molecule has 0 unspecified atom stereocenters. The third-order valence-electron chi connectivity index (χ3n) is 5.92. The molecule has 3 aromatic rings. The number of nitrogens with zero attached hydrogens (tertiary/aromatic N) is 2. The van der Waals surface area contributed by atoms with E-state index in [4.69, 9.17) is 9.47 Å². The zero-order valence-electron chi connectivity index (χ0n) is 20.7. The fraction of sp³-hybridized carbons (Fsp3) is 0.259. The van der Waals surface area contributed by atoms with Gasteiger partial charge in [0, 0.05) is 5.56 Å². The highest BCUT2D eigenvalue weighted by atomic mass is 32.1. The minimum atomic E-state index is -1.10. The van der Waals surface area contributed by atoms with Crippen molar-refractivity contribution in [1.29, 1.82) is 0 Å². The summed E-state index contributed by atoms with van der Waals surface area (Å²) in [5.41, 5.74) is 1.52. The van der Waals surface area contributed by atoms with Gasteiger partial charge in [0.05, 0.1) is 31.0 Å². The second kappa shape index (κ2) is 10.5. The monoisotopic (exact) mass is 524 g/mol. The lowest BCUT2D eigenvalue weighted by Gasteiger charge is -2.23. The predicted octanol–water partition coefficient (Wildman–Crippen LogP) is 5.10. The second-order valence-electron chi connectivity index (χ2n) is 8.45. The maximum Gasteiger partial charge on any atom is 0.350 e. The van der Waals surface area contributed by atoms with E-state index in [0.29, 0.717) is 34.7 Å². The molecule has 0 spiro atoms. The molecule has 1 aliphatic rings. The zero-order chi connectivity index (χ0) is 26.9. The third-order valence-corrected chi connectivity index (χ3v) is 7.05. The van der Waals surface area contributed by atoms with Crippen LogP contribution < -0.4 is 9.64 Å². The largest absolute Gasteiger partial charge is 0.507 e. The van der Waals surface area contributed by atoms with Crippen molar-refractivity contribution < 1.29 is 33.4 Å². The van der Waals surface area contributed by atoms with Crippen molar-refractivity contribution in [3.63, 3.8) is 0 Å². The first kappa shape index (κ1) is 26.0. The van der Waals surface area contributed by atoms with Gasteiger partial charge in [0.1, 0.15) is 22.2 Å². The number of hydrogen-bond acceptors (Lipinski definition) is 8. The van der Waals surface area contributed by atoms with Gasteiger partial charge in [-0.15, -0.1) is 0 Å². The lowest BCUT2D eigenvalue weighted by atomic mass is 9.94. The molecule has 1 atom stereocenters. The highest BCUT2D eigenvalue weighted by molar-refractivity contribution is 7.17. The predicted molar refractivity (Wildman–Crippen MR) is 136 cm³/mol. The highest BCUT2D eigenvalue weighted by Gasteiger charge is 2.48. The molecule has 2 aromatic carbocycles. The van der Waals surface area contributed by atoms with Gasteiger partial charge in [-0.3, -0.25) is 14.5 Å². The van der Waals surface area contributed by atoms with E-state index < -0.39 is 29.5 Å². The van der Waals surface area contributed by atoms with E-state index in [1.165, 1.54) is 31.4 Å². The number of hydrogen-bond donors (Lipinski definition) is 1. The number of rotatable bonds is 7. The molecule has 0 radical (unpaired) electrons. The number of methoxy groups -OCH3 is 1. The summed E-state index contributed by atoms with van der Waals surface area (Å²) in [5.74, 6) is -2.75. The van der Waals surface area contributed by atoms with Crippen molar-refractivity contribution in [3.05, 3.63) is 81.1 Å². The van der Waals surface area contributed by atoms with Crippen molar-refractivity contribution in [2.24, 2.45) is 0 Å². The van der Waals surface area contributed by atoms with Gasteiger partial charge in [-0.05, 0) is 61.7 Å². The first-order valence-corrected chi connectivity index (χ1v) is 12.4. The average Bonchev–Trinajstić information content (AvgIpc) is 3.39. The number of aliphatic hydroxyl groups is 1. The quantitative estimate of drug-likeness (QED) is 0.198. The van der Waals surface area contributed by atoms with Crippen LogP contribution in [0.2, 0.25) is 0 Å². The van der Waals surface area contributed by atoms with Crippen LogP contribution in [0.5, 0.6) is 5.75 Å². The number of amides is 1. The first-order chi connectivity index (χ1) is 17.7. The number of aromatic nitrogens is 1.